The van der Waals surface area contributed by atoms with E-state index in [4.69, 9.17) is 16.1 Å². The molecule has 0 bridgehead atoms. The number of nitrogens with one attached hydrogen (secondary N) is 1. The molecule has 3 aromatic rings. The van der Waals surface area contributed by atoms with Crippen LogP contribution in [0.25, 0.3) is 11.4 Å². The third-order valence-corrected chi connectivity index (χ3v) is 4.54. The number of carbonyl (C=O) groups is 1. The molecule has 0 saturated carbocycles. The Morgan fingerprint density at radius 2 is 1.89 bits per heavy atom. The van der Waals surface area contributed by atoms with E-state index >= 15 is 0 Å². The zero-order valence-corrected chi connectivity index (χ0v) is 16.0. The number of hydrogen-bond acceptors (Lipinski definition) is 4. The Kier molecular flexibility index (Phi) is 6.60. The van der Waals surface area contributed by atoms with Gasteiger partial charge in [0.1, 0.15) is 0 Å². The number of halogens is 1. The lowest BCUT2D eigenvalue weighted by Crippen LogP contribution is -2.12. The number of hydrogen-bond donors (Lipinski definition) is 1. The van der Waals surface area contributed by atoms with Crippen LogP contribution in [-0.4, -0.2) is 16.0 Å². The van der Waals surface area contributed by atoms with Crippen LogP contribution in [0.4, 0.5) is 5.69 Å². The highest BCUT2D eigenvalue weighted by molar-refractivity contribution is 6.33. The van der Waals surface area contributed by atoms with E-state index in [2.05, 4.69) is 34.5 Å². The normalized spacial score (nSPS) is 10.7. The number of amides is 1. The van der Waals surface area contributed by atoms with E-state index in [1.165, 1.54) is 18.4 Å². The highest BCUT2D eigenvalue weighted by atomic mass is 35.5. The van der Waals surface area contributed by atoms with Crippen molar-refractivity contribution in [3.05, 3.63) is 65.0 Å². The molecule has 27 heavy (non-hydrogen) atoms. The van der Waals surface area contributed by atoms with Crippen LogP contribution in [0.2, 0.25) is 5.02 Å². The summed E-state index contributed by atoms with van der Waals surface area (Å²) in [5.41, 5.74) is 2.79. The Hall–Kier alpha value is -2.66. The van der Waals surface area contributed by atoms with Gasteiger partial charge >= 0.3 is 0 Å². The van der Waals surface area contributed by atoms with Crippen molar-refractivity contribution in [3.8, 4) is 11.4 Å². The van der Waals surface area contributed by atoms with Crippen LogP contribution in [0.5, 0.6) is 0 Å². The molecule has 0 aliphatic heterocycles. The van der Waals surface area contributed by atoms with Crippen molar-refractivity contribution in [1.82, 2.24) is 10.1 Å². The quantitative estimate of drug-likeness (QED) is 0.572. The van der Waals surface area contributed by atoms with Gasteiger partial charge in [-0.3, -0.25) is 4.79 Å². The van der Waals surface area contributed by atoms with Crippen LogP contribution in [0.1, 0.15) is 37.6 Å². The zero-order chi connectivity index (χ0) is 19.1. The summed E-state index contributed by atoms with van der Waals surface area (Å²) in [4.78, 5) is 16.5. The first-order valence-corrected chi connectivity index (χ1v) is 9.50. The molecule has 0 radical (unpaired) electrons. The molecule has 3 rings (SSSR count). The minimum absolute atomic E-state index is 0.0891. The molecule has 5 nitrogen and oxygen atoms in total. The van der Waals surface area contributed by atoms with Gasteiger partial charge < -0.3 is 9.84 Å². The molecule has 0 aliphatic rings. The van der Waals surface area contributed by atoms with Gasteiger partial charge in [0.05, 0.1) is 5.02 Å². The van der Waals surface area contributed by atoms with E-state index in [0.717, 1.165) is 12.1 Å². The lowest BCUT2D eigenvalue weighted by atomic mass is 10.1. The summed E-state index contributed by atoms with van der Waals surface area (Å²) < 4.78 is 5.23. The van der Waals surface area contributed by atoms with Crippen molar-refractivity contribution in [2.24, 2.45) is 0 Å². The SMILES string of the molecule is CCCCc1ccc(NC(=O)CCc2nc(-c3ccccc3Cl)no2)cc1. The van der Waals surface area contributed by atoms with Gasteiger partial charge in [-0.15, -0.1) is 0 Å². The number of carbonyl (C=O) groups excluding carboxylic acids is 1. The molecule has 0 unspecified atom stereocenters. The molecule has 1 amide bonds. The largest absolute Gasteiger partial charge is 0.339 e. The number of unbranched alkanes of at least 4 members (excludes halogenated alkanes) is 1. The lowest BCUT2D eigenvalue weighted by molar-refractivity contribution is -0.116. The first-order valence-electron chi connectivity index (χ1n) is 9.12. The molecular formula is C21H22ClN3O2. The minimum Gasteiger partial charge on any atom is -0.339 e. The molecule has 6 heteroatoms. The van der Waals surface area contributed by atoms with Crippen LogP contribution in [0.3, 0.4) is 0 Å². The number of benzene rings is 2. The summed E-state index contributed by atoms with van der Waals surface area (Å²) >= 11 is 6.14. The Morgan fingerprint density at radius 3 is 2.63 bits per heavy atom. The van der Waals surface area contributed by atoms with Crippen molar-refractivity contribution in [1.29, 1.82) is 0 Å². The van der Waals surface area contributed by atoms with Gasteiger partial charge in [-0.2, -0.15) is 4.98 Å². The predicted molar refractivity (Wildman–Crippen MR) is 107 cm³/mol. The number of aryl methyl sites for hydroxylation is 2. The predicted octanol–water partition coefficient (Wildman–Crippen LogP) is 5.30. The molecule has 140 valence electrons. The Bertz CT molecular complexity index is 890. The van der Waals surface area contributed by atoms with E-state index in [0.29, 0.717) is 28.7 Å². The molecule has 0 atom stereocenters. The van der Waals surface area contributed by atoms with Crippen LogP contribution in [0, 0.1) is 0 Å². The fourth-order valence-electron chi connectivity index (χ4n) is 2.69. The Morgan fingerprint density at radius 1 is 1.11 bits per heavy atom. The van der Waals surface area contributed by atoms with E-state index in [9.17, 15) is 4.79 Å². The summed E-state index contributed by atoms with van der Waals surface area (Å²) in [6, 6.07) is 15.3. The maximum Gasteiger partial charge on any atom is 0.227 e. The summed E-state index contributed by atoms with van der Waals surface area (Å²) in [5.74, 6) is 0.752. The van der Waals surface area contributed by atoms with E-state index in [1.54, 1.807) is 6.07 Å². The van der Waals surface area contributed by atoms with Gasteiger partial charge in [-0.25, -0.2) is 0 Å². The second-order valence-corrected chi connectivity index (χ2v) is 6.75. The second kappa shape index (κ2) is 9.33. The first-order chi connectivity index (χ1) is 13.2. The minimum atomic E-state index is -0.0891. The topological polar surface area (TPSA) is 68.0 Å². The van der Waals surface area contributed by atoms with Gasteiger partial charge in [0.2, 0.25) is 17.6 Å². The van der Waals surface area contributed by atoms with Crippen molar-refractivity contribution >= 4 is 23.2 Å². The highest BCUT2D eigenvalue weighted by Crippen LogP contribution is 2.25. The van der Waals surface area contributed by atoms with Crippen LogP contribution < -0.4 is 5.32 Å². The maximum absolute atomic E-state index is 12.2. The number of anilines is 1. The monoisotopic (exact) mass is 383 g/mol. The summed E-state index contributed by atoms with van der Waals surface area (Å²) in [6.07, 6.45) is 4.05. The third kappa shape index (κ3) is 5.41. The lowest BCUT2D eigenvalue weighted by Gasteiger charge is -2.06. The van der Waals surface area contributed by atoms with Gasteiger partial charge in [0.15, 0.2) is 0 Å². The van der Waals surface area contributed by atoms with Gasteiger partial charge in [-0.1, -0.05) is 54.4 Å². The van der Waals surface area contributed by atoms with Crippen LogP contribution in [0.15, 0.2) is 53.1 Å². The van der Waals surface area contributed by atoms with Gasteiger partial charge in [-0.05, 0) is 42.7 Å². The van der Waals surface area contributed by atoms with Crippen molar-refractivity contribution < 1.29 is 9.32 Å². The standard InChI is InChI=1S/C21H22ClN3O2/c1-2-3-6-15-9-11-16(12-10-15)23-19(26)13-14-20-24-21(25-27-20)17-7-4-5-8-18(17)22/h4-5,7-12H,2-3,6,13-14H2,1H3,(H,23,26). The van der Waals surface area contributed by atoms with Gasteiger partial charge in [0.25, 0.3) is 0 Å². The molecule has 1 N–H and O–H groups in total. The van der Waals surface area contributed by atoms with E-state index < -0.39 is 0 Å². The molecule has 2 aromatic carbocycles. The van der Waals surface area contributed by atoms with Gasteiger partial charge in [0, 0.05) is 24.1 Å². The third-order valence-electron chi connectivity index (χ3n) is 4.21. The molecular weight excluding hydrogens is 362 g/mol. The average Bonchev–Trinajstić information content (AvgIpc) is 3.15. The fraction of sp³-hybridized carbons (Fsp3) is 0.286. The first kappa shape index (κ1) is 19.1. The molecule has 0 spiro atoms. The van der Waals surface area contributed by atoms with Crippen molar-refractivity contribution in [2.75, 3.05) is 5.32 Å². The van der Waals surface area contributed by atoms with E-state index in [1.807, 2.05) is 30.3 Å². The number of rotatable bonds is 8. The zero-order valence-electron chi connectivity index (χ0n) is 15.2. The highest BCUT2D eigenvalue weighted by Gasteiger charge is 2.12. The summed E-state index contributed by atoms with van der Waals surface area (Å²) in [6.45, 7) is 2.18. The molecule has 1 aromatic heterocycles. The summed E-state index contributed by atoms with van der Waals surface area (Å²) in [5, 5.41) is 7.39. The van der Waals surface area contributed by atoms with Crippen molar-refractivity contribution in [2.45, 2.75) is 39.0 Å². The molecule has 0 fully saturated rings. The Balaban J connectivity index is 1.51. The average molecular weight is 384 g/mol. The smallest absolute Gasteiger partial charge is 0.227 e. The number of aromatic nitrogens is 2. The molecule has 1 heterocycles. The molecule has 0 aliphatic carbocycles. The van der Waals surface area contributed by atoms with Crippen molar-refractivity contribution in [3.63, 3.8) is 0 Å². The van der Waals surface area contributed by atoms with E-state index in [-0.39, 0.29) is 12.3 Å². The Labute approximate surface area is 163 Å². The maximum atomic E-state index is 12.2. The molecule has 0 saturated heterocycles. The summed E-state index contributed by atoms with van der Waals surface area (Å²) in [7, 11) is 0. The second-order valence-electron chi connectivity index (χ2n) is 6.34. The van der Waals surface area contributed by atoms with Crippen LogP contribution >= 0.6 is 11.6 Å². The van der Waals surface area contributed by atoms with Crippen LogP contribution in [-0.2, 0) is 17.6 Å². The fourth-order valence-corrected chi connectivity index (χ4v) is 2.91. The number of nitrogens with zero attached hydrogens (tertiary/aromatic N) is 2.